The van der Waals surface area contributed by atoms with E-state index in [1.807, 2.05) is 4.72 Å². The number of alkyl halides is 3. The van der Waals surface area contributed by atoms with Crippen molar-refractivity contribution in [3.63, 3.8) is 0 Å². The summed E-state index contributed by atoms with van der Waals surface area (Å²) in [5.41, 5.74) is -1.97. The molecule has 0 aliphatic carbocycles. The number of aromatic amines is 1. The van der Waals surface area contributed by atoms with Gasteiger partial charge in [0.25, 0.3) is 5.56 Å². The van der Waals surface area contributed by atoms with Crippen molar-refractivity contribution in [2.75, 3.05) is 11.0 Å². The lowest BCUT2D eigenvalue weighted by atomic mass is 10.2. The number of benzene rings is 1. The van der Waals surface area contributed by atoms with Gasteiger partial charge in [-0.1, -0.05) is 0 Å². The van der Waals surface area contributed by atoms with Crippen LogP contribution in [0.4, 0.5) is 19.0 Å². The molecule has 0 fully saturated rings. The highest BCUT2D eigenvalue weighted by molar-refractivity contribution is 7.92. The molecule has 0 bridgehead atoms. The van der Waals surface area contributed by atoms with E-state index in [4.69, 9.17) is 0 Å². The summed E-state index contributed by atoms with van der Waals surface area (Å²) in [6.45, 7) is 0. The summed E-state index contributed by atoms with van der Waals surface area (Å²) in [6.07, 6.45) is -3.72. The normalized spacial score (nSPS) is 12.6. The van der Waals surface area contributed by atoms with Gasteiger partial charge in [0.1, 0.15) is 0 Å². The van der Waals surface area contributed by atoms with E-state index in [1.54, 1.807) is 0 Å². The van der Waals surface area contributed by atoms with Gasteiger partial charge >= 0.3 is 6.18 Å². The van der Waals surface area contributed by atoms with E-state index in [2.05, 4.69) is 9.97 Å². The number of hydrogen-bond acceptors (Lipinski definition) is 4. The number of rotatable bonds is 2. The summed E-state index contributed by atoms with van der Waals surface area (Å²) in [5.74, 6) is -0.500. The van der Waals surface area contributed by atoms with Crippen molar-refractivity contribution in [2.45, 2.75) is 6.18 Å². The molecule has 0 unspecified atom stereocenters. The number of H-pyrrole nitrogens is 1. The van der Waals surface area contributed by atoms with Crippen molar-refractivity contribution in [2.24, 2.45) is 0 Å². The van der Waals surface area contributed by atoms with Crippen molar-refractivity contribution in [3.8, 4) is 0 Å². The molecule has 0 amide bonds. The average Bonchev–Trinajstić information content (AvgIpc) is 2.26. The van der Waals surface area contributed by atoms with E-state index in [0.717, 1.165) is 24.5 Å². The number of aromatic nitrogens is 2. The second-order valence-corrected chi connectivity index (χ2v) is 5.77. The zero-order chi connectivity index (χ0) is 15.1. The van der Waals surface area contributed by atoms with Crippen LogP contribution in [0.2, 0.25) is 0 Å². The summed E-state index contributed by atoms with van der Waals surface area (Å²) < 4.78 is 61.5. The Kier molecular flexibility index (Phi) is 3.20. The van der Waals surface area contributed by atoms with Gasteiger partial charge in [-0.3, -0.25) is 9.52 Å². The monoisotopic (exact) mass is 307 g/mol. The third-order valence-corrected chi connectivity index (χ3v) is 2.87. The highest BCUT2D eigenvalue weighted by Gasteiger charge is 2.30. The van der Waals surface area contributed by atoms with Crippen LogP contribution >= 0.6 is 0 Å². The van der Waals surface area contributed by atoms with Gasteiger partial charge in [-0.2, -0.15) is 13.2 Å². The maximum atomic E-state index is 12.5. The summed E-state index contributed by atoms with van der Waals surface area (Å²) in [6, 6.07) is 2.56. The zero-order valence-electron chi connectivity index (χ0n) is 9.95. The fourth-order valence-electron chi connectivity index (χ4n) is 1.51. The van der Waals surface area contributed by atoms with Gasteiger partial charge < -0.3 is 4.98 Å². The molecule has 0 aliphatic rings. The van der Waals surface area contributed by atoms with Gasteiger partial charge in [-0.05, 0) is 18.2 Å². The Hall–Kier alpha value is -2.10. The molecule has 10 heteroatoms. The van der Waals surface area contributed by atoms with Gasteiger partial charge in [0.15, 0.2) is 0 Å². The SMILES string of the molecule is CS(=O)(=O)Nc1nc2ccc(C(F)(F)F)cc2[nH]c1=O. The van der Waals surface area contributed by atoms with Gasteiger partial charge in [-0.15, -0.1) is 0 Å². The number of nitrogens with one attached hydrogen (secondary N) is 2. The molecular weight excluding hydrogens is 299 g/mol. The first kappa shape index (κ1) is 14.3. The first-order chi connectivity index (χ1) is 9.06. The van der Waals surface area contributed by atoms with E-state index in [-0.39, 0.29) is 11.0 Å². The first-order valence-electron chi connectivity index (χ1n) is 5.15. The van der Waals surface area contributed by atoms with Crippen molar-refractivity contribution in [1.29, 1.82) is 0 Å². The molecular formula is C10H8F3N3O3S. The molecule has 2 N–H and O–H groups in total. The second-order valence-electron chi connectivity index (χ2n) is 4.02. The molecule has 2 rings (SSSR count). The van der Waals surface area contributed by atoms with E-state index < -0.39 is 33.1 Å². The molecule has 6 nitrogen and oxygen atoms in total. The Labute approximate surface area is 110 Å². The second kappa shape index (κ2) is 4.47. The van der Waals surface area contributed by atoms with E-state index in [0.29, 0.717) is 0 Å². The molecule has 1 aromatic heterocycles. The highest BCUT2D eigenvalue weighted by Crippen LogP contribution is 2.30. The number of sulfonamides is 1. The van der Waals surface area contributed by atoms with Crippen LogP contribution in [0.3, 0.4) is 0 Å². The summed E-state index contributed by atoms with van der Waals surface area (Å²) in [7, 11) is -3.71. The molecule has 2 aromatic rings. The van der Waals surface area contributed by atoms with Crippen LogP contribution < -0.4 is 10.3 Å². The van der Waals surface area contributed by atoms with Crippen LogP contribution in [0.15, 0.2) is 23.0 Å². The molecule has 1 heterocycles. The fourth-order valence-corrected chi connectivity index (χ4v) is 2.00. The predicted molar refractivity (Wildman–Crippen MR) is 65.8 cm³/mol. The Morgan fingerprint density at radius 1 is 1.30 bits per heavy atom. The molecule has 108 valence electrons. The lowest BCUT2D eigenvalue weighted by Crippen LogP contribution is -2.20. The minimum atomic E-state index is -4.55. The van der Waals surface area contributed by atoms with Crippen molar-refractivity contribution in [3.05, 3.63) is 34.1 Å². The number of hydrogen-bond donors (Lipinski definition) is 2. The van der Waals surface area contributed by atoms with Gasteiger partial charge in [0, 0.05) is 0 Å². The number of fused-ring (bicyclic) bond motifs is 1. The van der Waals surface area contributed by atoms with E-state index >= 15 is 0 Å². The fraction of sp³-hybridized carbons (Fsp3) is 0.200. The Morgan fingerprint density at radius 3 is 2.50 bits per heavy atom. The number of anilines is 1. The van der Waals surface area contributed by atoms with Gasteiger partial charge in [0.2, 0.25) is 15.8 Å². The third-order valence-electron chi connectivity index (χ3n) is 2.30. The third kappa shape index (κ3) is 3.07. The quantitative estimate of drug-likeness (QED) is 0.875. The first-order valence-corrected chi connectivity index (χ1v) is 7.04. The van der Waals surface area contributed by atoms with Gasteiger partial charge in [-0.25, -0.2) is 13.4 Å². The molecule has 0 radical (unpaired) electrons. The molecule has 0 saturated heterocycles. The van der Waals surface area contributed by atoms with E-state index in [9.17, 15) is 26.4 Å². The molecule has 1 aromatic carbocycles. The number of nitrogens with zero attached hydrogens (tertiary/aromatic N) is 1. The maximum Gasteiger partial charge on any atom is 0.416 e. The Balaban J connectivity index is 2.60. The summed E-state index contributed by atoms with van der Waals surface area (Å²) in [4.78, 5) is 17.4. The van der Waals surface area contributed by atoms with Crippen LogP contribution in [-0.2, 0) is 16.2 Å². The smallest absolute Gasteiger partial charge is 0.317 e. The molecule has 0 spiro atoms. The van der Waals surface area contributed by atoms with Crippen molar-refractivity contribution < 1.29 is 21.6 Å². The lowest BCUT2D eigenvalue weighted by Gasteiger charge is -2.08. The largest absolute Gasteiger partial charge is 0.416 e. The topological polar surface area (TPSA) is 91.9 Å². The van der Waals surface area contributed by atoms with E-state index in [1.165, 1.54) is 0 Å². The predicted octanol–water partition coefficient (Wildman–Crippen LogP) is 1.31. The minimum absolute atomic E-state index is 0.0312. The average molecular weight is 307 g/mol. The Bertz CT molecular complexity index is 827. The highest BCUT2D eigenvalue weighted by atomic mass is 32.2. The maximum absolute atomic E-state index is 12.5. The summed E-state index contributed by atoms with van der Waals surface area (Å²) in [5, 5.41) is 0. The van der Waals surface area contributed by atoms with Crippen molar-refractivity contribution >= 4 is 26.9 Å². The lowest BCUT2D eigenvalue weighted by molar-refractivity contribution is -0.137. The van der Waals surface area contributed by atoms with Crippen LogP contribution in [0.25, 0.3) is 11.0 Å². The molecule has 0 saturated carbocycles. The Morgan fingerprint density at radius 2 is 1.95 bits per heavy atom. The molecule has 20 heavy (non-hydrogen) atoms. The van der Waals surface area contributed by atoms with Crippen molar-refractivity contribution in [1.82, 2.24) is 9.97 Å². The van der Waals surface area contributed by atoms with Crippen LogP contribution in [-0.4, -0.2) is 24.6 Å². The van der Waals surface area contributed by atoms with Crippen LogP contribution in [0.1, 0.15) is 5.56 Å². The molecule has 0 aliphatic heterocycles. The zero-order valence-corrected chi connectivity index (χ0v) is 10.8. The standard InChI is InChI=1S/C10H8F3N3O3S/c1-20(18,19)16-8-9(17)15-7-4-5(10(11,12)13)2-3-6(7)14-8/h2-4H,1H3,(H,14,16)(H,15,17). The molecule has 0 atom stereocenters. The number of halogens is 3. The minimum Gasteiger partial charge on any atom is -0.317 e. The van der Waals surface area contributed by atoms with Gasteiger partial charge in [0.05, 0.1) is 22.9 Å². The van der Waals surface area contributed by atoms with Crippen LogP contribution in [0, 0.1) is 0 Å². The van der Waals surface area contributed by atoms with Crippen LogP contribution in [0.5, 0.6) is 0 Å². The summed E-state index contributed by atoms with van der Waals surface area (Å²) >= 11 is 0.